The minimum Gasteiger partial charge on any atom is -0.398 e. The van der Waals surface area contributed by atoms with E-state index in [1.54, 1.807) is 0 Å². The molecule has 0 amide bonds. The lowest BCUT2D eigenvalue weighted by Crippen LogP contribution is -2.31. The highest BCUT2D eigenvalue weighted by Gasteiger charge is 2.24. The van der Waals surface area contributed by atoms with Crippen molar-refractivity contribution in [3.8, 4) is 0 Å². The van der Waals surface area contributed by atoms with Gasteiger partial charge in [-0.1, -0.05) is 19.9 Å². The Kier molecular flexibility index (Phi) is 5.19. The summed E-state index contributed by atoms with van der Waals surface area (Å²) < 4.78 is 0.333. The summed E-state index contributed by atoms with van der Waals surface area (Å²) >= 11 is 1.95. The molecule has 0 bridgehead atoms. The first kappa shape index (κ1) is 14.2. The smallest absolute Gasteiger partial charge is 0.0364 e. The first-order valence-corrected chi connectivity index (χ1v) is 7.44. The van der Waals surface area contributed by atoms with Gasteiger partial charge in [0.15, 0.2) is 0 Å². The number of hydrogen-bond acceptors (Lipinski definition) is 3. The van der Waals surface area contributed by atoms with Gasteiger partial charge in [-0.05, 0) is 43.7 Å². The zero-order chi connectivity index (χ0) is 12.9. The van der Waals surface area contributed by atoms with Gasteiger partial charge in [0.25, 0.3) is 0 Å². The molecule has 0 fully saturated rings. The average Bonchev–Trinajstić information content (AvgIpc) is 2.36. The van der Waals surface area contributed by atoms with E-state index in [4.69, 9.17) is 5.73 Å². The second-order valence-electron chi connectivity index (χ2n) is 4.52. The van der Waals surface area contributed by atoms with E-state index >= 15 is 0 Å². The van der Waals surface area contributed by atoms with Crippen LogP contribution < -0.4 is 11.1 Å². The minimum absolute atomic E-state index is 0.333. The zero-order valence-electron chi connectivity index (χ0n) is 11.3. The highest BCUT2D eigenvalue weighted by atomic mass is 32.2. The Morgan fingerprint density at radius 2 is 1.94 bits per heavy atom. The van der Waals surface area contributed by atoms with Crippen LogP contribution in [0.1, 0.15) is 32.3 Å². The van der Waals surface area contributed by atoms with Crippen LogP contribution in [0.5, 0.6) is 0 Å². The lowest BCUT2D eigenvalue weighted by molar-refractivity contribution is 0.575. The van der Waals surface area contributed by atoms with Gasteiger partial charge in [0.2, 0.25) is 0 Å². The average molecular weight is 252 g/mol. The number of rotatable bonds is 6. The number of nitrogen functional groups attached to an aromatic ring is 1. The molecule has 0 unspecified atom stereocenters. The van der Waals surface area contributed by atoms with Crippen LogP contribution in [-0.2, 0) is 0 Å². The van der Waals surface area contributed by atoms with E-state index in [1.807, 2.05) is 24.8 Å². The van der Waals surface area contributed by atoms with Crippen LogP contribution in [-0.4, -0.2) is 17.5 Å². The van der Waals surface area contributed by atoms with Crippen molar-refractivity contribution in [2.75, 3.05) is 23.9 Å². The van der Waals surface area contributed by atoms with Gasteiger partial charge < -0.3 is 11.1 Å². The van der Waals surface area contributed by atoms with E-state index < -0.39 is 0 Å². The Labute approximate surface area is 109 Å². The maximum absolute atomic E-state index is 5.91. The van der Waals surface area contributed by atoms with Gasteiger partial charge in [-0.3, -0.25) is 0 Å². The molecule has 1 aromatic carbocycles. The van der Waals surface area contributed by atoms with Crippen LogP contribution in [0.2, 0.25) is 0 Å². The summed E-state index contributed by atoms with van der Waals surface area (Å²) in [6.45, 7) is 7.53. The van der Waals surface area contributed by atoms with Crippen LogP contribution >= 0.6 is 11.8 Å². The molecule has 17 heavy (non-hydrogen) atoms. The first-order chi connectivity index (χ1) is 8.06. The molecule has 0 saturated heterocycles. The van der Waals surface area contributed by atoms with E-state index in [-0.39, 0.29) is 0 Å². The summed E-state index contributed by atoms with van der Waals surface area (Å²) in [5.74, 6) is 0. The highest BCUT2D eigenvalue weighted by Crippen LogP contribution is 2.31. The quantitative estimate of drug-likeness (QED) is 0.754. The molecule has 1 aromatic rings. The van der Waals surface area contributed by atoms with E-state index in [0.717, 1.165) is 23.5 Å². The van der Waals surface area contributed by atoms with Gasteiger partial charge in [0, 0.05) is 22.7 Å². The molecule has 3 heteroatoms. The lowest BCUT2D eigenvalue weighted by atomic mass is 10.0. The Bertz CT molecular complexity index is 351. The molecule has 0 aliphatic rings. The number of hydrogen-bond donors (Lipinski definition) is 2. The zero-order valence-corrected chi connectivity index (χ0v) is 12.2. The van der Waals surface area contributed by atoms with E-state index in [2.05, 4.69) is 37.6 Å². The van der Waals surface area contributed by atoms with Crippen molar-refractivity contribution >= 4 is 23.1 Å². The molecule has 0 aromatic heterocycles. The molecule has 96 valence electrons. The standard InChI is InChI=1S/C14H24N2S/c1-5-14(6-2,17-4)10-16-12-8-7-11(3)13(15)9-12/h7-9,16H,5-6,10,15H2,1-4H3. The summed E-state index contributed by atoms with van der Waals surface area (Å²) in [6, 6.07) is 6.18. The predicted octanol–water partition coefficient (Wildman–Crippen LogP) is 3.91. The van der Waals surface area contributed by atoms with Crippen LogP contribution in [0.15, 0.2) is 18.2 Å². The SMILES string of the molecule is CCC(CC)(CNc1ccc(C)c(N)c1)SC. The third-order valence-corrected chi connectivity index (χ3v) is 5.20. The van der Waals surface area contributed by atoms with Gasteiger partial charge in [0.1, 0.15) is 0 Å². The topological polar surface area (TPSA) is 38.0 Å². The molecular weight excluding hydrogens is 228 g/mol. The molecule has 0 heterocycles. The number of thioether (sulfide) groups is 1. The third-order valence-electron chi connectivity index (χ3n) is 3.62. The predicted molar refractivity (Wildman–Crippen MR) is 80.9 cm³/mol. The van der Waals surface area contributed by atoms with Crippen molar-refractivity contribution in [1.82, 2.24) is 0 Å². The molecule has 1 rings (SSSR count). The molecule has 0 atom stereocenters. The first-order valence-electron chi connectivity index (χ1n) is 6.22. The van der Waals surface area contributed by atoms with Crippen molar-refractivity contribution in [3.05, 3.63) is 23.8 Å². The number of nitrogens with one attached hydrogen (secondary N) is 1. The fourth-order valence-electron chi connectivity index (χ4n) is 1.87. The third kappa shape index (κ3) is 3.56. The molecule has 0 spiro atoms. The van der Waals surface area contributed by atoms with Gasteiger partial charge in [-0.25, -0.2) is 0 Å². The molecular formula is C14H24N2S. The summed E-state index contributed by atoms with van der Waals surface area (Å²) in [7, 11) is 0. The Hall–Kier alpha value is -0.830. The van der Waals surface area contributed by atoms with Gasteiger partial charge in [-0.2, -0.15) is 11.8 Å². The summed E-state index contributed by atoms with van der Waals surface area (Å²) in [5.41, 5.74) is 9.03. The highest BCUT2D eigenvalue weighted by molar-refractivity contribution is 8.00. The van der Waals surface area contributed by atoms with Crippen molar-refractivity contribution in [2.45, 2.75) is 38.4 Å². The maximum atomic E-state index is 5.91. The van der Waals surface area contributed by atoms with Gasteiger partial charge in [0.05, 0.1) is 0 Å². The van der Waals surface area contributed by atoms with E-state index in [1.165, 1.54) is 12.8 Å². The van der Waals surface area contributed by atoms with Crippen molar-refractivity contribution in [2.24, 2.45) is 0 Å². The monoisotopic (exact) mass is 252 g/mol. The normalized spacial score (nSPS) is 11.5. The molecule has 3 N–H and O–H groups in total. The second-order valence-corrected chi connectivity index (χ2v) is 5.79. The molecule has 0 aliphatic carbocycles. The fourth-order valence-corrected chi connectivity index (χ4v) is 2.67. The van der Waals surface area contributed by atoms with Crippen molar-refractivity contribution in [1.29, 1.82) is 0 Å². The van der Waals surface area contributed by atoms with E-state index in [0.29, 0.717) is 4.75 Å². The molecule has 0 radical (unpaired) electrons. The fraction of sp³-hybridized carbons (Fsp3) is 0.571. The van der Waals surface area contributed by atoms with Crippen LogP contribution in [0, 0.1) is 6.92 Å². The number of nitrogens with two attached hydrogens (primary N) is 1. The van der Waals surface area contributed by atoms with Crippen LogP contribution in [0.4, 0.5) is 11.4 Å². The number of aryl methyl sites for hydroxylation is 1. The van der Waals surface area contributed by atoms with E-state index in [9.17, 15) is 0 Å². The Balaban J connectivity index is 2.68. The lowest BCUT2D eigenvalue weighted by Gasteiger charge is -2.30. The summed E-state index contributed by atoms with van der Waals surface area (Å²) in [5, 5.41) is 3.51. The van der Waals surface area contributed by atoms with Gasteiger partial charge >= 0.3 is 0 Å². The van der Waals surface area contributed by atoms with Crippen LogP contribution in [0.25, 0.3) is 0 Å². The van der Waals surface area contributed by atoms with Gasteiger partial charge in [-0.15, -0.1) is 0 Å². The molecule has 0 saturated carbocycles. The maximum Gasteiger partial charge on any atom is 0.0364 e. The summed E-state index contributed by atoms with van der Waals surface area (Å²) in [6.07, 6.45) is 4.55. The largest absolute Gasteiger partial charge is 0.398 e. The Morgan fingerprint density at radius 1 is 1.29 bits per heavy atom. The van der Waals surface area contributed by atoms with Crippen molar-refractivity contribution < 1.29 is 0 Å². The second kappa shape index (κ2) is 6.20. The number of benzene rings is 1. The summed E-state index contributed by atoms with van der Waals surface area (Å²) in [4.78, 5) is 0. The van der Waals surface area contributed by atoms with Crippen LogP contribution in [0.3, 0.4) is 0 Å². The Morgan fingerprint density at radius 3 is 2.41 bits per heavy atom. The number of anilines is 2. The minimum atomic E-state index is 0.333. The molecule has 2 nitrogen and oxygen atoms in total. The molecule has 0 aliphatic heterocycles. The van der Waals surface area contributed by atoms with Crippen molar-refractivity contribution in [3.63, 3.8) is 0 Å².